The predicted octanol–water partition coefficient (Wildman–Crippen LogP) is 5.27. The summed E-state index contributed by atoms with van der Waals surface area (Å²) in [6.07, 6.45) is 4.11. The number of fused-ring (bicyclic) bond motifs is 2. The molecule has 2 aromatic heterocycles. The van der Waals surface area contributed by atoms with Crippen molar-refractivity contribution in [2.75, 3.05) is 70.1 Å². The number of carbonyl (C=O) groups excluding carboxylic acids is 3. The lowest BCUT2D eigenvalue weighted by Crippen LogP contribution is -2.50. The van der Waals surface area contributed by atoms with Crippen LogP contribution in [0.2, 0.25) is 0 Å². The van der Waals surface area contributed by atoms with Gasteiger partial charge >= 0.3 is 0 Å². The topological polar surface area (TPSA) is 176 Å². The number of nitrogens with two attached hydrogens (primary N) is 2. The smallest absolute Gasteiger partial charge is 0.256 e. The molecule has 0 spiro atoms. The molecular weight excluding hydrogens is 779 g/mol. The van der Waals surface area contributed by atoms with Crippen LogP contribution in [0.15, 0.2) is 97.3 Å². The highest BCUT2D eigenvalue weighted by atomic mass is 32.2. The van der Waals surface area contributed by atoms with E-state index in [4.69, 9.17) is 11.5 Å². The number of hydrogen-bond acceptors (Lipinski definition) is 9. The molecule has 0 radical (unpaired) electrons. The summed E-state index contributed by atoms with van der Waals surface area (Å²) in [5.74, 6) is -0.402. The molecule has 2 saturated heterocycles. The van der Waals surface area contributed by atoms with Gasteiger partial charge in [0, 0.05) is 82.4 Å². The van der Waals surface area contributed by atoms with E-state index in [1.54, 1.807) is 45.0 Å². The number of aromatic nitrogens is 2. The van der Waals surface area contributed by atoms with Crippen molar-refractivity contribution in [3.63, 3.8) is 0 Å². The number of nitrogens with zero attached hydrogens (tertiary/aromatic N) is 6. The van der Waals surface area contributed by atoms with Gasteiger partial charge in [0.2, 0.25) is 15.9 Å². The van der Waals surface area contributed by atoms with Crippen LogP contribution in [0.1, 0.15) is 27.6 Å². The van der Waals surface area contributed by atoms with E-state index in [9.17, 15) is 31.6 Å². The lowest BCUT2D eigenvalue weighted by molar-refractivity contribution is -0.130. The monoisotopic (exact) mass is 820 g/mol. The first-order valence-electron chi connectivity index (χ1n) is 18.9. The van der Waals surface area contributed by atoms with Crippen LogP contribution in [0.5, 0.6) is 0 Å². The Bertz CT molecular complexity index is 2720. The van der Waals surface area contributed by atoms with Crippen LogP contribution < -0.4 is 11.5 Å². The van der Waals surface area contributed by atoms with Crippen molar-refractivity contribution in [1.82, 2.24) is 29.0 Å². The Morgan fingerprint density at radius 3 is 1.34 bits per heavy atom. The molecule has 0 atom stereocenters. The van der Waals surface area contributed by atoms with Crippen LogP contribution in [0.4, 0.5) is 20.4 Å². The molecule has 8 rings (SSSR count). The zero-order valence-corrected chi connectivity index (χ0v) is 33.3. The second-order valence-electron chi connectivity index (χ2n) is 14.4. The third kappa shape index (κ3) is 8.83. The molecule has 4 aromatic carbocycles. The number of amides is 3. The lowest BCUT2D eigenvalue weighted by atomic mass is 9.99. The van der Waals surface area contributed by atoms with Gasteiger partial charge in [0.15, 0.2) is 0 Å². The van der Waals surface area contributed by atoms with Crippen LogP contribution in [0, 0.1) is 11.6 Å². The summed E-state index contributed by atoms with van der Waals surface area (Å²) in [5, 5.41) is 2.62. The average Bonchev–Trinajstić information content (AvgIpc) is 3.23. The Labute approximate surface area is 339 Å². The number of hydrogen-bond donors (Lipinski definition) is 2. The predicted molar refractivity (Wildman–Crippen MR) is 224 cm³/mol. The molecule has 6 aromatic rings. The van der Waals surface area contributed by atoms with Crippen LogP contribution in [-0.2, 0) is 14.8 Å². The number of rotatable bonds is 5. The van der Waals surface area contributed by atoms with Crippen LogP contribution in [0.25, 0.3) is 43.8 Å². The van der Waals surface area contributed by atoms with E-state index in [1.165, 1.54) is 47.9 Å². The van der Waals surface area contributed by atoms with Gasteiger partial charge in [-0.2, -0.15) is 4.31 Å². The second-order valence-corrected chi connectivity index (χ2v) is 16.4. The number of nitrogen functional groups attached to an aromatic ring is 2. The summed E-state index contributed by atoms with van der Waals surface area (Å²) >= 11 is 0. The standard InChI is InChI=1S/C22H21FN4O2.C21H21FN4O3S/c1-14(28)26-7-9-27(10-8-26)22(29)20-13-25-21(24)19-12-16(5-6-18(19)20)15-3-2-4-17(23)11-15;1-30(28,29)26-9-7-25(8-10-26)21(27)19-13-24-20(23)18-12-15(5-6-17(18)19)14-3-2-4-16(22)11-14/h2-6,11-13H,7-10H2,1H3,(H2,24,25);2-6,11-13H,7-10H2,1H3,(H2,23,24). The van der Waals surface area contributed by atoms with Crippen molar-refractivity contribution in [1.29, 1.82) is 0 Å². The minimum absolute atomic E-state index is 0.0154. The van der Waals surface area contributed by atoms with Crippen molar-refractivity contribution < 1.29 is 31.6 Å². The number of benzene rings is 4. The van der Waals surface area contributed by atoms with Crippen molar-refractivity contribution in [2.45, 2.75) is 6.92 Å². The van der Waals surface area contributed by atoms with Crippen LogP contribution >= 0.6 is 0 Å². The number of sulfonamides is 1. The minimum Gasteiger partial charge on any atom is -0.383 e. The van der Waals surface area contributed by atoms with Gasteiger partial charge in [-0.15, -0.1) is 0 Å². The van der Waals surface area contributed by atoms with Crippen molar-refractivity contribution in [3.8, 4) is 22.3 Å². The largest absolute Gasteiger partial charge is 0.383 e. The first kappa shape index (κ1) is 40.7. The molecule has 3 amide bonds. The van der Waals surface area contributed by atoms with Gasteiger partial charge in [-0.1, -0.05) is 48.5 Å². The Balaban J connectivity index is 0.000000179. The zero-order chi connectivity index (χ0) is 42.0. The quantitative estimate of drug-likeness (QED) is 0.235. The van der Waals surface area contributed by atoms with E-state index in [1.807, 2.05) is 30.3 Å². The van der Waals surface area contributed by atoms with E-state index in [2.05, 4.69) is 9.97 Å². The first-order chi connectivity index (χ1) is 28.2. The molecule has 4 heterocycles. The molecule has 2 fully saturated rings. The van der Waals surface area contributed by atoms with Gasteiger partial charge in [-0.05, 0) is 69.4 Å². The zero-order valence-electron chi connectivity index (χ0n) is 32.4. The Morgan fingerprint density at radius 1 is 0.559 bits per heavy atom. The molecule has 304 valence electrons. The molecule has 16 heteroatoms. The lowest BCUT2D eigenvalue weighted by Gasteiger charge is -2.34. The van der Waals surface area contributed by atoms with Gasteiger partial charge < -0.3 is 26.2 Å². The third-order valence-electron chi connectivity index (χ3n) is 10.6. The fourth-order valence-corrected chi connectivity index (χ4v) is 8.18. The SMILES string of the molecule is CC(=O)N1CCN(C(=O)c2cnc(N)c3cc(-c4cccc(F)c4)ccc23)CC1.CS(=O)(=O)N1CCN(C(=O)c2cnc(N)c3cc(-c4cccc(F)c4)ccc23)CC1. The van der Waals surface area contributed by atoms with E-state index >= 15 is 0 Å². The molecule has 4 N–H and O–H groups in total. The van der Waals surface area contributed by atoms with E-state index < -0.39 is 10.0 Å². The molecule has 0 aliphatic carbocycles. The Kier molecular flexibility index (Phi) is 11.6. The molecule has 0 saturated carbocycles. The fourth-order valence-electron chi connectivity index (χ4n) is 7.35. The summed E-state index contributed by atoms with van der Waals surface area (Å²) in [5.41, 5.74) is 16.0. The van der Waals surface area contributed by atoms with Crippen molar-refractivity contribution >= 4 is 60.9 Å². The number of carbonyl (C=O) groups is 3. The van der Waals surface area contributed by atoms with Gasteiger partial charge in [-0.25, -0.2) is 27.2 Å². The van der Waals surface area contributed by atoms with E-state index in [-0.39, 0.29) is 48.3 Å². The number of anilines is 2. The minimum atomic E-state index is -3.27. The summed E-state index contributed by atoms with van der Waals surface area (Å²) in [6.45, 7) is 4.65. The molecule has 59 heavy (non-hydrogen) atoms. The maximum Gasteiger partial charge on any atom is 0.256 e. The van der Waals surface area contributed by atoms with Crippen LogP contribution in [0.3, 0.4) is 0 Å². The molecule has 2 aliphatic rings. The average molecular weight is 821 g/mol. The summed E-state index contributed by atoms with van der Waals surface area (Å²) in [7, 11) is -3.27. The number of halogens is 2. The summed E-state index contributed by atoms with van der Waals surface area (Å²) < 4.78 is 51.9. The molecule has 0 bridgehead atoms. The van der Waals surface area contributed by atoms with E-state index in [0.29, 0.717) is 83.3 Å². The molecule has 0 unspecified atom stereocenters. The third-order valence-corrected chi connectivity index (χ3v) is 11.9. The second kappa shape index (κ2) is 16.8. The maximum atomic E-state index is 13.6. The summed E-state index contributed by atoms with van der Waals surface area (Å²) in [6, 6.07) is 23.4. The van der Waals surface area contributed by atoms with E-state index in [0.717, 1.165) is 22.9 Å². The summed E-state index contributed by atoms with van der Waals surface area (Å²) in [4.78, 5) is 51.2. The highest BCUT2D eigenvalue weighted by molar-refractivity contribution is 7.88. The number of piperazine rings is 2. The van der Waals surface area contributed by atoms with Gasteiger partial charge in [0.05, 0.1) is 17.4 Å². The maximum absolute atomic E-state index is 13.6. The van der Waals surface area contributed by atoms with Gasteiger partial charge in [0.1, 0.15) is 23.3 Å². The highest BCUT2D eigenvalue weighted by Gasteiger charge is 2.28. The van der Waals surface area contributed by atoms with Gasteiger partial charge in [0.25, 0.3) is 11.8 Å². The number of pyridine rings is 2. The highest BCUT2D eigenvalue weighted by Crippen LogP contribution is 2.32. The van der Waals surface area contributed by atoms with Crippen molar-refractivity contribution in [3.05, 3.63) is 120 Å². The van der Waals surface area contributed by atoms with Gasteiger partial charge in [-0.3, -0.25) is 14.4 Å². The normalized spacial score (nSPS) is 14.9. The van der Waals surface area contributed by atoms with Crippen molar-refractivity contribution in [2.24, 2.45) is 0 Å². The molecule has 13 nitrogen and oxygen atoms in total. The first-order valence-corrected chi connectivity index (χ1v) is 20.7. The fraction of sp³-hybridized carbons (Fsp3) is 0.233. The Morgan fingerprint density at radius 2 is 0.949 bits per heavy atom. The van der Waals surface area contributed by atoms with Crippen LogP contribution in [-0.4, -0.2) is 114 Å². The molecule has 2 aliphatic heterocycles. The Hall–Kier alpha value is -6.52. The molecular formula is C43H42F2N8O5S.